The Hall–Kier alpha value is -2.73. The van der Waals surface area contributed by atoms with Gasteiger partial charge in [-0.1, -0.05) is 30.3 Å². The number of carbonyl (C=O) groups is 2. The molecule has 130 valence electrons. The zero-order chi connectivity index (χ0) is 18.2. The van der Waals surface area contributed by atoms with E-state index in [-0.39, 0.29) is 16.9 Å². The van der Waals surface area contributed by atoms with Crippen LogP contribution in [0.15, 0.2) is 48.5 Å². The zero-order valence-electron chi connectivity index (χ0n) is 14.3. The van der Waals surface area contributed by atoms with Gasteiger partial charge in [0.25, 0.3) is 5.91 Å². The van der Waals surface area contributed by atoms with E-state index in [1.165, 1.54) is 0 Å². The summed E-state index contributed by atoms with van der Waals surface area (Å²) in [6.45, 7) is 1.88. The third kappa shape index (κ3) is 5.69. The summed E-state index contributed by atoms with van der Waals surface area (Å²) in [5.41, 5.74) is 3.32. The Bertz CT molecular complexity index is 772. The second kappa shape index (κ2) is 8.94. The molecule has 0 radical (unpaired) electrons. The second-order valence-corrected chi connectivity index (χ2v) is 6.00. The highest BCUT2D eigenvalue weighted by Gasteiger charge is 2.10. The molecule has 0 aromatic heterocycles. The van der Waals surface area contributed by atoms with Crippen molar-refractivity contribution in [3.05, 3.63) is 65.2 Å². The van der Waals surface area contributed by atoms with Gasteiger partial charge in [0.15, 0.2) is 5.11 Å². The molecule has 0 aliphatic heterocycles. The number of benzene rings is 2. The molecule has 0 spiro atoms. The monoisotopic (exact) mass is 355 g/mol. The SMILES string of the molecule is CNC(=O)CCc1ccc(NC(=S)NC(=O)c2ccccc2C)cc1. The van der Waals surface area contributed by atoms with Gasteiger partial charge in [0.1, 0.15) is 0 Å². The molecule has 2 amide bonds. The van der Waals surface area contributed by atoms with Crippen LogP contribution in [0, 0.1) is 6.92 Å². The quantitative estimate of drug-likeness (QED) is 0.722. The lowest BCUT2D eigenvalue weighted by Crippen LogP contribution is -2.34. The number of hydrogen-bond donors (Lipinski definition) is 3. The molecule has 3 N–H and O–H groups in total. The third-order valence-electron chi connectivity index (χ3n) is 3.75. The molecule has 0 aliphatic rings. The average Bonchev–Trinajstić information content (AvgIpc) is 2.61. The minimum atomic E-state index is -0.238. The van der Waals surface area contributed by atoms with E-state index in [0.29, 0.717) is 18.4 Å². The maximum absolute atomic E-state index is 12.2. The fourth-order valence-corrected chi connectivity index (χ4v) is 2.51. The van der Waals surface area contributed by atoms with Crippen LogP contribution in [-0.2, 0) is 11.2 Å². The molecule has 0 heterocycles. The molecule has 0 saturated carbocycles. The Kier molecular flexibility index (Phi) is 6.65. The summed E-state index contributed by atoms with van der Waals surface area (Å²) in [4.78, 5) is 23.5. The summed E-state index contributed by atoms with van der Waals surface area (Å²) in [5.74, 6) is -0.222. The molecular formula is C19H21N3O2S. The first-order chi connectivity index (χ1) is 12.0. The van der Waals surface area contributed by atoms with E-state index in [2.05, 4.69) is 16.0 Å². The van der Waals surface area contributed by atoms with E-state index in [4.69, 9.17) is 12.2 Å². The molecule has 6 heteroatoms. The van der Waals surface area contributed by atoms with Crippen molar-refractivity contribution in [1.29, 1.82) is 0 Å². The molecule has 2 aromatic carbocycles. The Morgan fingerprint density at radius 1 is 1.04 bits per heavy atom. The summed E-state index contributed by atoms with van der Waals surface area (Å²) < 4.78 is 0. The lowest BCUT2D eigenvalue weighted by atomic mass is 10.1. The van der Waals surface area contributed by atoms with E-state index in [1.807, 2.05) is 49.4 Å². The predicted molar refractivity (Wildman–Crippen MR) is 104 cm³/mol. The number of carbonyl (C=O) groups excluding carboxylic acids is 2. The van der Waals surface area contributed by atoms with Gasteiger partial charge >= 0.3 is 0 Å². The third-order valence-corrected chi connectivity index (χ3v) is 3.95. The van der Waals surface area contributed by atoms with Crippen LogP contribution in [0.5, 0.6) is 0 Å². The lowest BCUT2D eigenvalue weighted by molar-refractivity contribution is -0.120. The van der Waals surface area contributed by atoms with Crippen LogP contribution in [-0.4, -0.2) is 24.0 Å². The largest absolute Gasteiger partial charge is 0.359 e. The Morgan fingerprint density at radius 3 is 2.36 bits per heavy atom. The summed E-state index contributed by atoms with van der Waals surface area (Å²) in [5, 5.41) is 8.50. The van der Waals surface area contributed by atoms with Gasteiger partial charge in [-0.2, -0.15) is 0 Å². The van der Waals surface area contributed by atoms with Gasteiger partial charge in [-0.05, 0) is 54.9 Å². The first kappa shape index (κ1) is 18.6. The van der Waals surface area contributed by atoms with Crippen LogP contribution in [0.2, 0.25) is 0 Å². The van der Waals surface area contributed by atoms with Crippen molar-refractivity contribution in [2.24, 2.45) is 0 Å². The van der Waals surface area contributed by atoms with Crippen LogP contribution in [0.4, 0.5) is 5.69 Å². The van der Waals surface area contributed by atoms with E-state index in [9.17, 15) is 9.59 Å². The standard InChI is InChI=1S/C19H21N3O2S/c1-13-5-3-4-6-16(13)18(24)22-19(25)21-15-10-7-14(8-11-15)9-12-17(23)20-2/h3-8,10-11H,9,12H2,1-2H3,(H,20,23)(H2,21,22,24,25). The molecular weight excluding hydrogens is 334 g/mol. The minimum Gasteiger partial charge on any atom is -0.359 e. The Labute approximate surface area is 152 Å². The van der Waals surface area contributed by atoms with Crippen molar-refractivity contribution in [1.82, 2.24) is 10.6 Å². The number of hydrogen-bond acceptors (Lipinski definition) is 3. The van der Waals surface area contributed by atoms with Gasteiger partial charge in [-0.15, -0.1) is 0 Å². The average molecular weight is 355 g/mol. The Morgan fingerprint density at radius 2 is 1.72 bits per heavy atom. The summed E-state index contributed by atoms with van der Waals surface area (Å²) in [7, 11) is 1.63. The highest BCUT2D eigenvalue weighted by molar-refractivity contribution is 7.80. The molecule has 0 fully saturated rings. The number of aryl methyl sites for hydroxylation is 2. The van der Waals surface area contributed by atoms with Crippen molar-refractivity contribution in [3.8, 4) is 0 Å². The minimum absolute atomic E-state index is 0.0160. The van der Waals surface area contributed by atoms with Crippen molar-refractivity contribution >= 4 is 34.8 Å². The molecule has 0 aliphatic carbocycles. The number of amides is 2. The summed E-state index contributed by atoms with van der Waals surface area (Å²) in [6, 6.07) is 14.9. The normalized spacial score (nSPS) is 10.0. The highest BCUT2D eigenvalue weighted by Crippen LogP contribution is 2.11. The summed E-state index contributed by atoms with van der Waals surface area (Å²) in [6.07, 6.45) is 1.13. The molecule has 0 unspecified atom stereocenters. The van der Waals surface area contributed by atoms with Gasteiger partial charge in [0.05, 0.1) is 0 Å². The molecule has 25 heavy (non-hydrogen) atoms. The number of rotatable bonds is 5. The lowest BCUT2D eigenvalue weighted by Gasteiger charge is -2.11. The first-order valence-electron chi connectivity index (χ1n) is 7.97. The zero-order valence-corrected chi connectivity index (χ0v) is 15.1. The molecule has 2 rings (SSSR count). The van der Waals surface area contributed by atoms with Gasteiger partial charge in [-0.3, -0.25) is 14.9 Å². The van der Waals surface area contributed by atoms with Gasteiger partial charge in [0.2, 0.25) is 5.91 Å². The number of nitrogens with one attached hydrogen (secondary N) is 3. The molecule has 0 atom stereocenters. The van der Waals surface area contributed by atoms with Crippen LogP contribution in [0.25, 0.3) is 0 Å². The van der Waals surface area contributed by atoms with Crippen LogP contribution >= 0.6 is 12.2 Å². The maximum Gasteiger partial charge on any atom is 0.257 e. The van der Waals surface area contributed by atoms with Crippen molar-refractivity contribution in [2.75, 3.05) is 12.4 Å². The van der Waals surface area contributed by atoms with Crippen molar-refractivity contribution in [2.45, 2.75) is 19.8 Å². The maximum atomic E-state index is 12.2. The first-order valence-corrected chi connectivity index (χ1v) is 8.38. The topological polar surface area (TPSA) is 70.2 Å². The highest BCUT2D eigenvalue weighted by atomic mass is 32.1. The van der Waals surface area contributed by atoms with Crippen LogP contribution in [0.1, 0.15) is 27.9 Å². The van der Waals surface area contributed by atoms with Gasteiger partial charge < -0.3 is 10.6 Å². The van der Waals surface area contributed by atoms with Crippen LogP contribution < -0.4 is 16.0 Å². The molecule has 5 nitrogen and oxygen atoms in total. The van der Waals surface area contributed by atoms with E-state index < -0.39 is 0 Å². The van der Waals surface area contributed by atoms with Crippen molar-refractivity contribution in [3.63, 3.8) is 0 Å². The van der Waals surface area contributed by atoms with E-state index in [0.717, 1.165) is 16.8 Å². The fraction of sp³-hybridized carbons (Fsp3) is 0.211. The summed E-state index contributed by atoms with van der Waals surface area (Å²) >= 11 is 5.19. The molecule has 0 saturated heterocycles. The van der Waals surface area contributed by atoms with E-state index in [1.54, 1.807) is 13.1 Å². The number of thiocarbonyl (C=S) groups is 1. The second-order valence-electron chi connectivity index (χ2n) is 5.59. The van der Waals surface area contributed by atoms with E-state index >= 15 is 0 Å². The molecule has 2 aromatic rings. The molecule has 0 bridgehead atoms. The van der Waals surface area contributed by atoms with Crippen LogP contribution in [0.3, 0.4) is 0 Å². The predicted octanol–water partition coefficient (Wildman–Crippen LogP) is 2.80. The number of anilines is 1. The Balaban J connectivity index is 1.89. The smallest absolute Gasteiger partial charge is 0.257 e. The fourth-order valence-electron chi connectivity index (χ4n) is 2.30. The van der Waals surface area contributed by atoms with Crippen molar-refractivity contribution < 1.29 is 9.59 Å². The van der Waals surface area contributed by atoms with Gasteiger partial charge in [-0.25, -0.2) is 0 Å². The van der Waals surface area contributed by atoms with Gasteiger partial charge in [0, 0.05) is 24.7 Å².